The van der Waals surface area contributed by atoms with Crippen LogP contribution >= 0.6 is 0 Å². The third-order valence-electron chi connectivity index (χ3n) is 3.04. The highest BCUT2D eigenvalue weighted by molar-refractivity contribution is 5.94. The van der Waals surface area contributed by atoms with E-state index >= 15 is 0 Å². The number of ether oxygens (including phenoxy) is 2. The van der Waals surface area contributed by atoms with E-state index in [4.69, 9.17) is 9.47 Å². The van der Waals surface area contributed by atoms with Gasteiger partial charge in [-0.15, -0.1) is 0 Å². The Hall–Kier alpha value is -1.61. The topological polar surface area (TPSA) is 30.8 Å². The summed E-state index contributed by atoms with van der Waals surface area (Å²) in [5, 5.41) is 0. The molecule has 0 heterocycles. The number of nitrogens with zero attached hydrogens (tertiary/aromatic N) is 1. The predicted molar refractivity (Wildman–Crippen MR) is 101 cm³/mol. The van der Waals surface area contributed by atoms with Crippen LogP contribution in [0.3, 0.4) is 0 Å². The zero-order chi connectivity index (χ0) is 17.2. The minimum atomic E-state index is 0.728. The van der Waals surface area contributed by atoms with Gasteiger partial charge in [-0.1, -0.05) is 38.6 Å². The summed E-state index contributed by atoms with van der Waals surface area (Å²) in [6.07, 6.45) is 5.94. The molecule has 0 fully saturated rings. The van der Waals surface area contributed by atoms with E-state index in [1.807, 2.05) is 57.2 Å². The number of hydrogen-bond donors (Lipinski definition) is 0. The van der Waals surface area contributed by atoms with Crippen molar-refractivity contribution in [1.29, 1.82) is 0 Å². The van der Waals surface area contributed by atoms with Gasteiger partial charge in [0.25, 0.3) is 0 Å². The Morgan fingerprint density at radius 1 is 1.04 bits per heavy atom. The first-order chi connectivity index (χ1) is 11.4. The molecule has 3 heteroatoms. The van der Waals surface area contributed by atoms with Gasteiger partial charge in [0, 0.05) is 25.3 Å². The van der Waals surface area contributed by atoms with E-state index in [1.54, 1.807) is 0 Å². The highest BCUT2D eigenvalue weighted by Crippen LogP contribution is 2.09. The van der Waals surface area contributed by atoms with Crippen molar-refractivity contribution in [1.82, 2.24) is 0 Å². The summed E-state index contributed by atoms with van der Waals surface area (Å²) >= 11 is 0. The van der Waals surface area contributed by atoms with Crippen LogP contribution in [0.1, 0.15) is 46.5 Å². The van der Waals surface area contributed by atoms with Gasteiger partial charge in [0.05, 0.1) is 13.2 Å². The van der Waals surface area contributed by atoms with Crippen LogP contribution in [0.2, 0.25) is 0 Å². The van der Waals surface area contributed by atoms with Crippen molar-refractivity contribution in [2.45, 2.75) is 46.5 Å². The zero-order valence-corrected chi connectivity index (χ0v) is 15.1. The fraction of sp³-hybridized carbons (Fsp3) is 0.550. The number of allylic oxidation sites excluding steroid dienone is 1. The monoisotopic (exact) mass is 319 g/mol. The first-order valence-electron chi connectivity index (χ1n) is 8.78. The molecule has 130 valence electrons. The molecule has 0 saturated carbocycles. The fourth-order valence-corrected chi connectivity index (χ4v) is 1.92. The van der Waals surface area contributed by atoms with E-state index in [2.05, 4.69) is 11.6 Å². The third kappa shape index (κ3) is 12.6. The summed E-state index contributed by atoms with van der Waals surface area (Å²) < 4.78 is 11.2. The van der Waals surface area contributed by atoms with Crippen molar-refractivity contribution in [3.8, 4) is 5.75 Å². The third-order valence-corrected chi connectivity index (χ3v) is 3.04. The Morgan fingerprint density at radius 2 is 1.74 bits per heavy atom. The molecule has 0 radical (unpaired) electrons. The molecule has 0 unspecified atom stereocenters. The van der Waals surface area contributed by atoms with Gasteiger partial charge in [-0.25, -0.2) is 0 Å². The average Bonchev–Trinajstić information content (AvgIpc) is 2.62. The van der Waals surface area contributed by atoms with Gasteiger partial charge in [-0.05, 0) is 44.4 Å². The van der Waals surface area contributed by atoms with Gasteiger partial charge in [-0.2, -0.15) is 0 Å². The molecule has 3 nitrogen and oxygen atoms in total. The number of rotatable bonds is 12. The van der Waals surface area contributed by atoms with E-state index in [9.17, 15) is 0 Å². The second-order valence-corrected chi connectivity index (χ2v) is 4.75. The highest BCUT2D eigenvalue weighted by Gasteiger charge is 1.96. The van der Waals surface area contributed by atoms with Crippen LogP contribution in [0, 0.1) is 0 Å². The molecule has 1 aromatic carbocycles. The van der Waals surface area contributed by atoms with Crippen LogP contribution in [0.4, 0.5) is 0 Å². The van der Waals surface area contributed by atoms with Gasteiger partial charge in [0.1, 0.15) is 5.75 Å². The maximum atomic E-state index is 5.64. The summed E-state index contributed by atoms with van der Waals surface area (Å²) in [5.74, 6) is 0.945. The molecule has 0 aromatic heterocycles. The quantitative estimate of drug-likeness (QED) is 0.386. The second kappa shape index (κ2) is 16.8. The van der Waals surface area contributed by atoms with Crippen molar-refractivity contribution in [2.24, 2.45) is 4.99 Å². The molecule has 0 saturated heterocycles. The van der Waals surface area contributed by atoms with Crippen LogP contribution < -0.4 is 4.74 Å². The Morgan fingerprint density at radius 3 is 2.39 bits per heavy atom. The van der Waals surface area contributed by atoms with Gasteiger partial charge >= 0.3 is 0 Å². The van der Waals surface area contributed by atoms with Crippen LogP contribution in [0.5, 0.6) is 5.75 Å². The summed E-state index contributed by atoms with van der Waals surface area (Å²) in [5.41, 5.74) is 1.04. The number of unbranched alkanes of at least 4 members (excludes halogenated alkanes) is 2. The fourth-order valence-electron chi connectivity index (χ4n) is 1.92. The summed E-state index contributed by atoms with van der Waals surface area (Å²) in [7, 11) is 0. The van der Waals surface area contributed by atoms with Crippen molar-refractivity contribution < 1.29 is 9.47 Å². The molecule has 0 aliphatic heterocycles. The van der Waals surface area contributed by atoms with Crippen molar-refractivity contribution in [3.63, 3.8) is 0 Å². The maximum Gasteiger partial charge on any atom is 0.119 e. The van der Waals surface area contributed by atoms with Crippen LogP contribution in [0.15, 0.2) is 48.0 Å². The lowest BCUT2D eigenvalue weighted by Gasteiger charge is -2.06. The van der Waals surface area contributed by atoms with Crippen molar-refractivity contribution in [2.75, 3.05) is 26.4 Å². The molecule has 1 aromatic rings. The average molecular weight is 319 g/mol. The first kappa shape index (κ1) is 21.4. The van der Waals surface area contributed by atoms with Gasteiger partial charge in [0.15, 0.2) is 0 Å². The largest absolute Gasteiger partial charge is 0.494 e. The molecule has 0 bridgehead atoms. The molecule has 0 N–H and O–H groups in total. The molecule has 0 spiro atoms. The minimum Gasteiger partial charge on any atom is -0.494 e. The van der Waals surface area contributed by atoms with E-state index in [1.165, 1.54) is 0 Å². The normalized spacial score (nSPS) is 10.7. The summed E-state index contributed by atoms with van der Waals surface area (Å²) in [4.78, 5) is 4.33. The number of benzene rings is 1. The number of aliphatic imine (C=N–C) groups is 1. The first-order valence-corrected chi connectivity index (χ1v) is 8.78. The molecule has 0 aliphatic rings. The zero-order valence-electron chi connectivity index (χ0n) is 15.1. The van der Waals surface area contributed by atoms with Crippen LogP contribution in [0.25, 0.3) is 0 Å². The van der Waals surface area contributed by atoms with Gasteiger partial charge in [0.2, 0.25) is 0 Å². The highest BCUT2D eigenvalue weighted by atomic mass is 16.5. The van der Waals surface area contributed by atoms with Gasteiger partial charge < -0.3 is 9.47 Å². The van der Waals surface area contributed by atoms with Crippen molar-refractivity contribution >= 4 is 5.71 Å². The number of para-hydroxylation sites is 1. The maximum absolute atomic E-state index is 5.64. The van der Waals surface area contributed by atoms with E-state index < -0.39 is 0 Å². The lowest BCUT2D eigenvalue weighted by atomic mass is 10.2. The minimum absolute atomic E-state index is 0.728. The summed E-state index contributed by atoms with van der Waals surface area (Å²) in [6.45, 7) is 12.9. The van der Waals surface area contributed by atoms with E-state index in [0.29, 0.717) is 0 Å². The standard InChI is InChI=1S/C18H27NO2.C2H6/c1-3-17(19-4-2)13-16-20-14-9-6-10-15-21-18-11-7-5-8-12-18;1-2/h3,5,7-8,11-12H,1,4,6,9-10,13-16H2,2H3;1-2H3. The lowest BCUT2D eigenvalue weighted by molar-refractivity contribution is 0.135. The Labute approximate surface area is 142 Å². The Bertz CT molecular complexity index is 401. The number of hydrogen-bond acceptors (Lipinski definition) is 3. The van der Waals surface area contributed by atoms with Crippen LogP contribution in [-0.2, 0) is 4.74 Å². The lowest BCUT2D eigenvalue weighted by Crippen LogP contribution is -2.04. The van der Waals surface area contributed by atoms with Crippen LogP contribution in [-0.4, -0.2) is 32.1 Å². The second-order valence-electron chi connectivity index (χ2n) is 4.75. The Balaban J connectivity index is 0.00000232. The van der Waals surface area contributed by atoms with E-state index in [-0.39, 0.29) is 0 Å². The molecular weight excluding hydrogens is 286 g/mol. The molecule has 0 amide bonds. The SMILES string of the molecule is C=CC(CCOCCCCCOc1ccccc1)=NCC.CC. The van der Waals surface area contributed by atoms with Crippen molar-refractivity contribution in [3.05, 3.63) is 43.0 Å². The molecule has 23 heavy (non-hydrogen) atoms. The van der Waals surface area contributed by atoms with Gasteiger partial charge in [-0.3, -0.25) is 4.99 Å². The molecule has 0 atom stereocenters. The summed E-state index contributed by atoms with van der Waals surface area (Å²) in [6, 6.07) is 9.94. The molecule has 1 rings (SSSR count). The smallest absolute Gasteiger partial charge is 0.119 e. The van der Waals surface area contributed by atoms with E-state index in [0.717, 1.165) is 63.5 Å². The Kier molecular flexibility index (Phi) is 15.6. The molecule has 0 aliphatic carbocycles. The molecular formula is C20H33NO2. The predicted octanol–water partition coefficient (Wildman–Crippen LogP) is 5.32.